The average molecular weight is 711 g/mol. The summed E-state index contributed by atoms with van der Waals surface area (Å²) in [6.07, 6.45) is 6.02. The van der Waals surface area contributed by atoms with Crippen molar-refractivity contribution in [2.24, 2.45) is 0 Å². The van der Waals surface area contributed by atoms with Crippen molar-refractivity contribution < 1.29 is 24.2 Å². The van der Waals surface area contributed by atoms with Gasteiger partial charge in [-0.05, 0) is 60.4 Å². The molecule has 3 aromatic carbocycles. The summed E-state index contributed by atoms with van der Waals surface area (Å²) < 4.78 is 12.5. The number of hydrogen-bond donors (Lipinski definition) is 1. The van der Waals surface area contributed by atoms with E-state index in [0.717, 1.165) is 30.4 Å². The lowest BCUT2D eigenvalue weighted by atomic mass is 9.95. The molecule has 1 aliphatic heterocycles. The summed E-state index contributed by atoms with van der Waals surface area (Å²) in [4.78, 5) is 28.8. The molecule has 0 aliphatic carbocycles. The van der Waals surface area contributed by atoms with E-state index in [2.05, 4.69) is 17.1 Å². The quantitative estimate of drug-likeness (QED) is 0.0564. The van der Waals surface area contributed by atoms with Crippen LogP contribution >= 0.6 is 46.3 Å². The molecule has 0 bridgehead atoms. The number of aliphatic hydroxyl groups excluding tert-OH is 1. The Balaban J connectivity index is 1.49. The smallest absolute Gasteiger partial charge is 0.296 e. The van der Waals surface area contributed by atoms with E-state index >= 15 is 0 Å². The van der Waals surface area contributed by atoms with Crippen molar-refractivity contribution in [2.45, 2.75) is 49.2 Å². The topological polar surface area (TPSA) is 102 Å². The fourth-order valence-electron chi connectivity index (χ4n) is 4.95. The number of ether oxygens (including phenoxy) is 2. The van der Waals surface area contributed by atoms with Crippen LogP contribution in [-0.2, 0) is 15.3 Å². The number of aromatic nitrogens is 2. The highest BCUT2D eigenvalue weighted by Gasteiger charge is 2.45. The molecule has 0 radical (unpaired) electrons. The van der Waals surface area contributed by atoms with Crippen molar-refractivity contribution >= 4 is 69.2 Å². The number of ketones is 1. The van der Waals surface area contributed by atoms with Gasteiger partial charge in [0.05, 0.1) is 24.8 Å². The maximum atomic E-state index is 13.7. The normalized spacial score (nSPS) is 14.8. The maximum absolute atomic E-state index is 13.7. The number of unbranched alkanes of at least 4 members (excludes halogenated alkanes) is 2. The average Bonchev–Trinajstić information content (AvgIpc) is 3.64. The van der Waals surface area contributed by atoms with Crippen LogP contribution in [0.25, 0.3) is 6.08 Å². The third-order valence-corrected chi connectivity index (χ3v) is 9.95. The molecule has 1 aromatic heterocycles. The van der Waals surface area contributed by atoms with E-state index in [1.165, 1.54) is 34.1 Å². The molecule has 1 aliphatic rings. The van der Waals surface area contributed by atoms with E-state index in [1.807, 2.05) is 43.3 Å². The minimum Gasteiger partial charge on any atom is -0.503 e. The van der Waals surface area contributed by atoms with Crippen molar-refractivity contribution in [3.05, 3.63) is 111 Å². The lowest BCUT2D eigenvalue weighted by molar-refractivity contribution is -0.117. The van der Waals surface area contributed by atoms with Crippen LogP contribution < -0.4 is 14.4 Å². The largest absolute Gasteiger partial charge is 0.503 e. The van der Waals surface area contributed by atoms with E-state index < -0.39 is 23.5 Å². The molecule has 0 saturated heterocycles. The molecule has 1 atom stereocenters. The number of rotatable bonds is 15. The number of nitrogens with zero attached hydrogens (tertiary/aromatic N) is 3. The van der Waals surface area contributed by atoms with Crippen LogP contribution in [0.15, 0.2) is 88.5 Å². The van der Waals surface area contributed by atoms with Crippen molar-refractivity contribution in [3.63, 3.8) is 0 Å². The van der Waals surface area contributed by atoms with Crippen molar-refractivity contribution in [1.82, 2.24) is 10.2 Å². The minimum atomic E-state index is -1.000. The summed E-state index contributed by atoms with van der Waals surface area (Å²) in [7, 11) is 0. The zero-order valence-electron chi connectivity index (χ0n) is 25.8. The first-order valence-electron chi connectivity index (χ1n) is 15.1. The van der Waals surface area contributed by atoms with Gasteiger partial charge in [-0.1, -0.05) is 115 Å². The first-order chi connectivity index (χ1) is 22.8. The SMILES string of the molecule is CCCCCOc1ccc(C2C(C(=O)/C=C/c3ccccc3)=C(O)C(=O)N2c2nnc(SCc3ccc(Cl)cc3Cl)s2)cc1OCC. The lowest BCUT2D eigenvalue weighted by Crippen LogP contribution is -2.31. The van der Waals surface area contributed by atoms with Crippen molar-refractivity contribution in [3.8, 4) is 11.5 Å². The van der Waals surface area contributed by atoms with Gasteiger partial charge in [0.25, 0.3) is 5.91 Å². The molecular formula is C35H33Cl2N3O5S2. The Morgan fingerprint density at radius 3 is 2.57 bits per heavy atom. The Labute approximate surface area is 292 Å². The molecule has 4 aromatic rings. The third-order valence-electron chi connectivity index (χ3n) is 7.26. The number of halogens is 2. The van der Waals surface area contributed by atoms with Crippen LogP contribution in [0.3, 0.4) is 0 Å². The number of amides is 1. The zero-order chi connectivity index (χ0) is 33.3. The number of carbonyl (C=O) groups is 2. The van der Waals surface area contributed by atoms with Crippen LogP contribution in [0.2, 0.25) is 10.0 Å². The van der Waals surface area contributed by atoms with Crippen LogP contribution in [-0.4, -0.2) is 40.2 Å². The molecule has 244 valence electrons. The summed E-state index contributed by atoms with van der Waals surface area (Å²) >= 11 is 15.0. The molecule has 5 rings (SSSR count). The Bertz CT molecular complexity index is 1790. The summed E-state index contributed by atoms with van der Waals surface area (Å²) in [5.41, 5.74) is 2.14. The molecule has 2 heterocycles. The summed E-state index contributed by atoms with van der Waals surface area (Å²) in [5, 5.41) is 21.1. The lowest BCUT2D eigenvalue weighted by Gasteiger charge is -2.24. The molecule has 47 heavy (non-hydrogen) atoms. The molecule has 1 amide bonds. The predicted octanol–water partition coefficient (Wildman–Crippen LogP) is 9.29. The van der Waals surface area contributed by atoms with Crippen LogP contribution in [0.4, 0.5) is 5.13 Å². The van der Waals surface area contributed by atoms with Gasteiger partial charge in [-0.15, -0.1) is 10.2 Å². The highest BCUT2D eigenvalue weighted by molar-refractivity contribution is 8.00. The van der Waals surface area contributed by atoms with Gasteiger partial charge >= 0.3 is 0 Å². The Morgan fingerprint density at radius 2 is 1.83 bits per heavy atom. The second-order valence-electron chi connectivity index (χ2n) is 10.5. The number of hydrogen-bond acceptors (Lipinski definition) is 9. The van der Waals surface area contributed by atoms with Gasteiger partial charge in [-0.3, -0.25) is 14.5 Å². The van der Waals surface area contributed by atoms with Gasteiger partial charge in [0.1, 0.15) is 0 Å². The summed E-state index contributed by atoms with van der Waals surface area (Å²) in [6, 6.07) is 18.9. The Kier molecular flexibility index (Phi) is 12.0. The Hall–Kier alpha value is -3.83. The van der Waals surface area contributed by atoms with Crippen LogP contribution in [0, 0.1) is 0 Å². The van der Waals surface area contributed by atoms with Gasteiger partial charge in [0, 0.05) is 15.8 Å². The fourth-order valence-corrected chi connectivity index (χ4v) is 7.37. The number of carbonyl (C=O) groups excluding carboxylic acids is 2. The first kappa shape index (κ1) is 34.5. The molecule has 8 nitrogen and oxygen atoms in total. The Morgan fingerprint density at radius 1 is 1.02 bits per heavy atom. The maximum Gasteiger partial charge on any atom is 0.296 e. The zero-order valence-corrected chi connectivity index (χ0v) is 29.0. The molecule has 1 unspecified atom stereocenters. The van der Waals surface area contributed by atoms with E-state index in [4.69, 9.17) is 32.7 Å². The number of anilines is 1. The summed E-state index contributed by atoms with van der Waals surface area (Å²) in [6.45, 7) is 4.90. The van der Waals surface area contributed by atoms with Crippen molar-refractivity contribution in [1.29, 1.82) is 0 Å². The second-order valence-corrected chi connectivity index (χ2v) is 13.5. The first-order valence-corrected chi connectivity index (χ1v) is 17.7. The highest BCUT2D eigenvalue weighted by Crippen LogP contribution is 2.45. The van der Waals surface area contributed by atoms with E-state index in [1.54, 1.807) is 36.4 Å². The third kappa shape index (κ3) is 8.37. The standard InChI is InChI=1S/C35H33Cl2N3O5S2/c1-3-5-9-18-45-28-17-14-23(19-29(28)44-4-2)31-30(27(41)16-12-22-10-7-6-8-11-22)32(42)33(43)40(31)34-38-39-35(47-34)46-21-24-13-15-25(36)20-26(24)37/h6-8,10-17,19-20,31,42H,3-5,9,18,21H2,1-2H3/b16-12+. The number of thioether (sulfide) groups is 1. The van der Waals surface area contributed by atoms with Gasteiger partial charge < -0.3 is 14.6 Å². The van der Waals surface area contributed by atoms with E-state index in [9.17, 15) is 14.7 Å². The number of aliphatic hydroxyl groups is 1. The van der Waals surface area contributed by atoms with Crippen LogP contribution in [0.1, 0.15) is 55.8 Å². The van der Waals surface area contributed by atoms with Gasteiger partial charge in [0.15, 0.2) is 27.4 Å². The minimum absolute atomic E-state index is 0.0707. The highest BCUT2D eigenvalue weighted by atomic mass is 35.5. The van der Waals surface area contributed by atoms with Crippen molar-refractivity contribution in [2.75, 3.05) is 18.1 Å². The summed E-state index contributed by atoms with van der Waals surface area (Å²) in [5.74, 6) is -0.382. The number of allylic oxidation sites excluding steroid dienone is 1. The van der Waals surface area contributed by atoms with E-state index in [0.29, 0.717) is 50.4 Å². The molecule has 0 fully saturated rings. The van der Waals surface area contributed by atoms with Gasteiger partial charge in [-0.2, -0.15) is 0 Å². The molecular weight excluding hydrogens is 677 g/mol. The molecule has 0 spiro atoms. The molecule has 0 saturated carbocycles. The van der Waals surface area contributed by atoms with Crippen LogP contribution in [0.5, 0.6) is 11.5 Å². The number of benzene rings is 3. The fraction of sp³-hybridized carbons (Fsp3) is 0.257. The van der Waals surface area contributed by atoms with E-state index in [-0.39, 0.29) is 10.7 Å². The second kappa shape index (κ2) is 16.3. The molecule has 1 N–H and O–H groups in total. The molecule has 12 heteroatoms. The van der Waals surface area contributed by atoms with Gasteiger partial charge in [-0.25, -0.2) is 0 Å². The predicted molar refractivity (Wildman–Crippen MR) is 189 cm³/mol. The van der Waals surface area contributed by atoms with Gasteiger partial charge in [0.2, 0.25) is 5.13 Å². The monoisotopic (exact) mass is 709 g/mol.